The molecule has 0 heterocycles. The Kier molecular flexibility index (Phi) is 10.4. The minimum Gasteiger partial charge on any atom is -0.357 e. The van der Waals surface area contributed by atoms with Gasteiger partial charge in [0.2, 0.25) is 0 Å². The zero-order valence-electron chi connectivity index (χ0n) is 14.5. The standard InChI is InChI=1S/C17H30N4.HI/c1-6-18-16(19-12-15-10-8-7-9-11-15)20-13-17(2,3)14-21(4)5;/h7-11H,6,12-14H2,1-5H3,(H2,18,19,20);1H. The maximum Gasteiger partial charge on any atom is 0.191 e. The van der Waals surface area contributed by atoms with Crippen LogP contribution in [0, 0.1) is 5.41 Å². The van der Waals surface area contributed by atoms with Crippen LogP contribution in [0.1, 0.15) is 26.3 Å². The molecule has 0 bridgehead atoms. The zero-order valence-corrected chi connectivity index (χ0v) is 16.8. The number of halogens is 1. The number of rotatable bonds is 7. The Morgan fingerprint density at radius 2 is 1.77 bits per heavy atom. The molecule has 0 unspecified atom stereocenters. The Labute approximate surface area is 152 Å². The van der Waals surface area contributed by atoms with Gasteiger partial charge in [0.25, 0.3) is 0 Å². The summed E-state index contributed by atoms with van der Waals surface area (Å²) in [6.45, 7) is 10.1. The summed E-state index contributed by atoms with van der Waals surface area (Å²) < 4.78 is 0. The molecule has 5 heteroatoms. The van der Waals surface area contributed by atoms with Gasteiger partial charge in [0.1, 0.15) is 0 Å². The molecular formula is C17H31IN4. The number of benzene rings is 1. The molecule has 0 amide bonds. The number of nitrogens with one attached hydrogen (secondary N) is 2. The van der Waals surface area contributed by atoms with Gasteiger partial charge in [-0.25, -0.2) is 4.99 Å². The summed E-state index contributed by atoms with van der Waals surface area (Å²) >= 11 is 0. The molecule has 0 radical (unpaired) electrons. The van der Waals surface area contributed by atoms with E-state index in [0.29, 0.717) is 6.54 Å². The van der Waals surface area contributed by atoms with E-state index >= 15 is 0 Å². The zero-order chi connectivity index (χ0) is 15.7. The molecule has 0 aliphatic carbocycles. The van der Waals surface area contributed by atoms with E-state index < -0.39 is 0 Å². The van der Waals surface area contributed by atoms with Crippen molar-refractivity contribution in [2.75, 3.05) is 33.7 Å². The topological polar surface area (TPSA) is 39.7 Å². The molecule has 0 saturated carbocycles. The number of hydrogen-bond acceptors (Lipinski definition) is 2. The van der Waals surface area contributed by atoms with Crippen molar-refractivity contribution in [2.24, 2.45) is 10.4 Å². The summed E-state index contributed by atoms with van der Waals surface area (Å²) in [5.74, 6) is 0.883. The van der Waals surface area contributed by atoms with Crippen molar-refractivity contribution in [3.8, 4) is 0 Å². The van der Waals surface area contributed by atoms with Crippen molar-refractivity contribution in [2.45, 2.75) is 27.3 Å². The third-order valence-corrected chi connectivity index (χ3v) is 3.09. The lowest BCUT2D eigenvalue weighted by molar-refractivity contribution is 0.241. The fourth-order valence-corrected chi connectivity index (χ4v) is 2.33. The fraction of sp³-hybridized carbons (Fsp3) is 0.588. The second kappa shape index (κ2) is 10.8. The summed E-state index contributed by atoms with van der Waals surface area (Å²) in [5.41, 5.74) is 1.43. The van der Waals surface area contributed by atoms with E-state index in [-0.39, 0.29) is 29.4 Å². The first-order valence-electron chi connectivity index (χ1n) is 7.64. The summed E-state index contributed by atoms with van der Waals surface area (Å²) in [6.07, 6.45) is 0. The van der Waals surface area contributed by atoms with Crippen LogP contribution in [-0.4, -0.2) is 44.6 Å². The van der Waals surface area contributed by atoms with Gasteiger partial charge in [-0.05, 0) is 32.0 Å². The van der Waals surface area contributed by atoms with E-state index in [1.54, 1.807) is 0 Å². The minimum atomic E-state index is 0. The Bertz CT molecular complexity index is 430. The fourth-order valence-electron chi connectivity index (χ4n) is 2.33. The van der Waals surface area contributed by atoms with Crippen LogP contribution >= 0.6 is 24.0 Å². The number of hydrogen-bond donors (Lipinski definition) is 2. The second-order valence-electron chi connectivity index (χ2n) is 6.44. The van der Waals surface area contributed by atoms with Gasteiger partial charge in [0, 0.05) is 19.6 Å². The largest absolute Gasteiger partial charge is 0.357 e. The molecule has 1 aromatic carbocycles. The van der Waals surface area contributed by atoms with Crippen LogP contribution in [0.15, 0.2) is 35.3 Å². The monoisotopic (exact) mass is 418 g/mol. The molecule has 0 aliphatic rings. The van der Waals surface area contributed by atoms with Gasteiger partial charge in [0.05, 0.1) is 6.54 Å². The van der Waals surface area contributed by atoms with E-state index in [9.17, 15) is 0 Å². The summed E-state index contributed by atoms with van der Waals surface area (Å²) in [5, 5.41) is 6.75. The Balaban J connectivity index is 0.00000441. The maximum atomic E-state index is 4.65. The van der Waals surface area contributed by atoms with Crippen molar-refractivity contribution < 1.29 is 0 Å². The molecule has 0 atom stereocenters. The van der Waals surface area contributed by atoms with E-state index in [1.165, 1.54) is 5.56 Å². The Hall–Kier alpha value is -0.820. The lowest BCUT2D eigenvalue weighted by Crippen LogP contribution is -2.44. The quantitative estimate of drug-likeness (QED) is 0.407. The lowest BCUT2D eigenvalue weighted by atomic mass is 9.93. The average molecular weight is 418 g/mol. The molecule has 0 spiro atoms. The second-order valence-corrected chi connectivity index (χ2v) is 6.44. The minimum absolute atomic E-state index is 0. The molecule has 1 rings (SSSR count). The van der Waals surface area contributed by atoms with E-state index in [0.717, 1.165) is 25.6 Å². The predicted molar refractivity (Wildman–Crippen MR) is 107 cm³/mol. The van der Waals surface area contributed by atoms with Gasteiger partial charge in [0.15, 0.2) is 5.96 Å². The van der Waals surface area contributed by atoms with Crippen LogP contribution < -0.4 is 10.6 Å². The molecular weight excluding hydrogens is 387 g/mol. The average Bonchev–Trinajstić information content (AvgIpc) is 2.42. The van der Waals surface area contributed by atoms with Crippen molar-refractivity contribution in [1.82, 2.24) is 15.5 Å². The van der Waals surface area contributed by atoms with Crippen LogP contribution in [0.3, 0.4) is 0 Å². The Morgan fingerprint density at radius 1 is 1.14 bits per heavy atom. The molecule has 1 aromatic rings. The smallest absolute Gasteiger partial charge is 0.191 e. The molecule has 0 saturated heterocycles. The Morgan fingerprint density at radius 3 is 2.32 bits per heavy atom. The van der Waals surface area contributed by atoms with Crippen molar-refractivity contribution in [1.29, 1.82) is 0 Å². The summed E-state index contributed by atoms with van der Waals surface area (Å²) in [7, 11) is 4.22. The first-order valence-corrected chi connectivity index (χ1v) is 7.64. The highest BCUT2D eigenvalue weighted by Crippen LogP contribution is 2.14. The van der Waals surface area contributed by atoms with E-state index in [4.69, 9.17) is 0 Å². The predicted octanol–water partition coefficient (Wildman–Crippen LogP) is 2.95. The number of nitrogens with zero attached hydrogens (tertiary/aromatic N) is 2. The number of guanidine groups is 1. The number of aliphatic imine (C=N–C) groups is 1. The molecule has 22 heavy (non-hydrogen) atoms. The van der Waals surface area contributed by atoms with Crippen LogP contribution in [0.5, 0.6) is 0 Å². The molecule has 0 aliphatic heterocycles. The SMILES string of the molecule is CCNC(=NCc1ccccc1)NCC(C)(C)CN(C)C.I. The van der Waals surface area contributed by atoms with Gasteiger partial charge in [-0.15, -0.1) is 24.0 Å². The van der Waals surface area contributed by atoms with Crippen molar-refractivity contribution in [3.05, 3.63) is 35.9 Å². The first-order chi connectivity index (χ1) is 9.93. The van der Waals surface area contributed by atoms with Crippen LogP contribution in [0.25, 0.3) is 0 Å². The lowest BCUT2D eigenvalue weighted by Gasteiger charge is -2.29. The van der Waals surface area contributed by atoms with Crippen LogP contribution in [0.2, 0.25) is 0 Å². The van der Waals surface area contributed by atoms with Gasteiger partial charge in [-0.1, -0.05) is 44.2 Å². The van der Waals surface area contributed by atoms with Crippen molar-refractivity contribution >= 4 is 29.9 Å². The molecule has 4 nitrogen and oxygen atoms in total. The summed E-state index contributed by atoms with van der Waals surface area (Å²) in [6, 6.07) is 10.3. The van der Waals surface area contributed by atoms with Crippen LogP contribution in [0.4, 0.5) is 0 Å². The highest BCUT2D eigenvalue weighted by atomic mass is 127. The van der Waals surface area contributed by atoms with Gasteiger partial charge in [-0.2, -0.15) is 0 Å². The summed E-state index contributed by atoms with van der Waals surface area (Å²) in [4.78, 5) is 6.86. The van der Waals surface area contributed by atoms with Crippen LogP contribution in [-0.2, 0) is 6.54 Å². The normalized spacial score (nSPS) is 12.0. The van der Waals surface area contributed by atoms with Gasteiger partial charge >= 0.3 is 0 Å². The van der Waals surface area contributed by atoms with Crippen molar-refractivity contribution in [3.63, 3.8) is 0 Å². The molecule has 2 N–H and O–H groups in total. The highest BCUT2D eigenvalue weighted by Gasteiger charge is 2.19. The third kappa shape index (κ3) is 9.25. The van der Waals surface area contributed by atoms with Gasteiger partial charge < -0.3 is 15.5 Å². The van der Waals surface area contributed by atoms with E-state index in [2.05, 4.69) is 67.5 Å². The maximum absolute atomic E-state index is 4.65. The first kappa shape index (κ1) is 21.2. The van der Waals surface area contributed by atoms with E-state index in [1.807, 2.05) is 18.2 Å². The highest BCUT2D eigenvalue weighted by molar-refractivity contribution is 14.0. The third-order valence-electron chi connectivity index (χ3n) is 3.09. The molecule has 0 aromatic heterocycles. The molecule has 0 fully saturated rings. The molecule has 126 valence electrons. The van der Waals surface area contributed by atoms with Gasteiger partial charge in [-0.3, -0.25) is 0 Å².